The number of benzene rings is 1. The molecule has 1 atom stereocenters. The van der Waals surface area contributed by atoms with Crippen LogP contribution in [0.3, 0.4) is 0 Å². The highest BCUT2D eigenvalue weighted by Crippen LogP contribution is 2.17. The van der Waals surface area contributed by atoms with E-state index < -0.39 is 0 Å². The molecule has 2 fully saturated rings. The minimum absolute atomic E-state index is 0.790. The first-order chi connectivity index (χ1) is 9.74. The predicted octanol–water partition coefficient (Wildman–Crippen LogP) is 1.78. The topological polar surface area (TPSA) is 18.5 Å². The molecule has 2 aliphatic rings. The fourth-order valence-corrected chi connectivity index (χ4v) is 3.46. The molecule has 1 unspecified atom stereocenters. The number of aryl methyl sites for hydroxylation is 1. The average molecular weight is 273 g/mol. The van der Waals surface area contributed by atoms with Crippen LogP contribution in [0.25, 0.3) is 0 Å². The van der Waals surface area contributed by atoms with Crippen molar-refractivity contribution in [1.82, 2.24) is 15.1 Å². The van der Waals surface area contributed by atoms with Gasteiger partial charge in [0.1, 0.15) is 0 Å². The zero-order chi connectivity index (χ0) is 13.9. The van der Waals surface area contributed by atoms with E-state index in [9.17, 15) is 0 Å². The molecule has 0 aromatic heterocycles. The van der Waals surface area contributed by atoms with E-state index in [2.05, 4.69) is 47.2 Å². The molecule has 2 heterocycles. The van der Waals surface area contributed by atoms with Gasteiger partial charge >= 0.3 is 0 Å². The lowest BCUT2D eigenvalue weighted by Crippen LogP contribution is -2.50. The quantitative estimate of drug-likeness (QED) is 0.906. The number of nitrogens with zero attached hydrogens (tertiary/aromatic N) is 2. The van der Waals surface area contributed by atoms with Crippen molar-refractivity contribution in [2.75, 3.05) is 39.3 Å². The third-order valence-electron chi connectivity index (χ3n) is 5.07. The van der Waals surface area contributed by atoms with Crippen molar-refractivity contribution in [2.45, 2.75) is 32.9 Å². The Morgan fingerprint density at radius 2 is 1.95 bits per heavy atom. The molecular formula is C17H27N3. The van der Waals surface area contributed by atoms with Crippen molar-refractivity contribution in [2.24, 2.45) is 0 Å². The molecule has 2 aliphatic heterocycles. The summed E-state index contributed by atoms with van der Waals surface area (Å²) in [7, 11) is 0. The van der Waals surface area contributed by atoms with Crippen LogP contribution in [-0.4, -0.2) is 55.1 Å². The number of hydrogen-bond donors (Lipinski definition) is 1. The van der Waals surface area contributed by atoms with Gasteiger partial charge in [0.25, 0.3) is 0 Å². The summed E-state index contributed by atoms with van der Waals surface area (Å²) in [5.74, 6) is 0. The molecule has 3 rings (SSSR count). The Hall–Kier alpha value is -0.900. The summed E-state index contributed by atoms with van der Waals surface area (Å²) in [4.78, 5) is 5.29. The fraction of sp³-hybridized carbons (Fsp3) is 0.647. The molecule has 3 nitrogen and oxygen atoms in total. The first-order valence-corrected chi connectivity index (χ1v) is 7.96. The molecule has 1 aromatic carbocycles. The Bertz CT molecular complexity index is 444. The van der Waals surface area contributed by atoms with Crippen LogP contribution in [0.5, 0.6) is 0 Å². The second-order valence-electron chi connectivity index (χ2n) is 6.32. The van der Waals surface area contributed by atoms with E-state index in [0.29, 0.717) is 0 Å². The molecule has 110 valence electrons. The highest BCUT2D eigenvalue weighted by molar-refractivity contribution is 5.33. The molecule has 3 heteroatoms. The van der Waals surface area contributed by atoms with Crippen molar-refractivity contribution in [1.29, 1.82) is 0 Å². The second kappa shape index (κ2) is 6.25. The van der Waals surface area contributed by atoms with Crippen molar-refractivity contribution in [3.63, 3.8) is 0 Å². The van der Waals surface area contributed by atoms with Crippen LogP contribution >= 0.6 is 0 Å². The van der Waals surface area contributed by atoms with E-state index in [-0.39, 0.29) is 0 Å². The van der Waals surface area contributed by atoms with Crippen LogP contribution in [0.2, 0.25) is 0 Å². The summed E-state index contributed by atoms with van der Waals surface area (Å²) in [5.41, 5.74) is 4.38. The van der Waals surface area contributed by atoms with Crippen LogP contribution < -0.4 is 5.32 Å². The summed E-state index contributed by atoms with van der Waals surface area (Å²) in [6.45, 7) is 12.9. The van der Waals surface area contributed by atoms with E-state index in [4.69, 9.17) is 0 Å². The average Bonchev–Trinajstić information content (AvgIpc) is 2.99. The van der Waals surface area contributed by atoms with E-state index in [0.717, 1.165) is 12.6 Å². The van der Waals surface area contributed by atoms with Gasteiger partial charge in [-0.25, -0.2) is 0 Å². The van der Waals surface area contributed by atoms with Crippen molar-refractivity contribution in [3.05, 3.63) is 34.9 Å². The summed E-state index contributed by atoms with van der Waals surface area (Å²) >= 11 is 0. The molecule has 1 N–H and O–H groups in total. The van der Waals surface area contributed by atoms with Gasteiger partial charge in [0.05, 0.1) is 0 Å². The van der Waals surface area contributed by atoms with Crippen molar-refractivity contribution in [3.8, 4) is 0 Å². The molecule has 0 spiro atoms. The van der Waals surface area contributed by atoms with Gasteiger partial charge in [-0.15, -0.1) is 0 Å². The van der Waals surface area contributed by atoms with E-state index in [1.165, 1.54) is 62.4 Å². The Labute approximate surface area is 123 Å². The van der Waals surface area contributed by atoms with Crippen molar-refractivity contribution >= 4 is 0 Å². The highest BCUT2D eigenvalue weighted by Gasteiger charge is 2.25. The van der Waals surface area contributed by atoms with Gasteiger partial charge in [-0.3, -0.25) is 9.80 Å². The first kappa shape index (κ1) is 14.1. The lowest BCUT2D eigenvalue weighted by atomic mass is 10.0. The Kier molecular flexibility index (Phi) is 4.39. The van der Waals surface area contributed by atoms with Crippen LogP contribution in [0, 0.1) is 13.8 Å². The van der Waals surface area contributed by atoms with Gasteiger partial charge < -0.3 is 5.32 Å². The summed E-state index contributed by atoms with van der Waals surface area (Å²) in [6.07, 6.45) is 1.33. The van der Waals surface area contributed by atoms with E-state index >= 15 is 0 Å². The monoisotopic (exact) mass is 273 g/mol. The van der Waals surface area contributed by atoms with Crippen LogP contribution in [0.1, 0.15) is 23.1 Å². The number of piperazine rings is 1. The van der Waals surface area contributed by atoms with E-state index in [1.807, 2.05) is 0 Å². The Balaban J connectivity index is 1.54. The Morgan fingerprint density at radius 3 is 2.65 bits per heavy atom. The molecule has 0 saturated carbocycles. The second-order valence-corrected chi connectivity index (χ2v) is 6.32. The maximum atomic E-state index is 3.48. The molecule has 0 bridgehead atoms. The van der Waals surface area contributed by atoms with Crippen LogP contribution in [-0.2, 0) is 6.54 Å². The van der Waals surface area contributed by atoms with Crippen LogP contribution in [0.4, 0.5) is 0 Å². The fourth-order valence-electron chi connectivity index (χ4n) is 3.46. The maximum absolute atomic E-state index is 3.48. The van der Waals surface area contributed by atoms with Crippen LogP contribution in [0.15, 0.2) is 18.2 Å². The largest absolute Gasteiger partial charge is 0.315 e. The third-order valence-corrected chi connectivity index (χ3v) is 5.07. The lowest BCUT2D eigenvalue weighted by molar-refractivity contribution is 0.0980. The van der Waals surface area contributed by atoms with Gasteiger partial charge in [0.15, 0.2) is 0 Å². The summed E-state index contributed by atoms with van der Waals surface area (Å²) < 4.78 is 0. The number of hydrogen-bond acceptors (Lipinski definition) is 3. The minimum atomic E-state index is 0.790. The van der Waals surface area contributed by atoms with Gasteiger partial charge in [-0.05, 0) is 43.5 Å². The molecular weight excluding hydrogens is 246 g/mol. The number of nitrogens with one attached hydrogen (secondary N) is 1. The van der Waals surface area contributed by atoms with E-state index in [1.54, 1.807) is 0 Å². The molecule has 20 heavy (non-hydrogen) atoms. The zero-order valence-corrected chi connectivity index (χ0v) is 12.9. The molecule has 2 saturated heterocycles. The first-order valence-electron chi connectivity index (χ1n) is 7.96. The van der Waals surface area contributed by atoms with Gasteiger partial charge in [0.2, 0.25) is 0 Å². The molecule has 0 amide bonds. The smallest absolute Gasteiger partial charge is 0.0237 e. The Morgan fingerprint density at radius 1 is 1.15 bits per heavy atom. The maximum Gasteiger partial charge on any atom is 0.0237 e. The molecule has 0 aliphatic carbocycles. The van der Waals surface area contributed by atoms with Gasteiger partial charge in [-0.1, -0.05) is 18.2 Å². The third kappa shape index (κ3) is 3.05. The minimum Gasteiger partial charge on any atom is -0.315 e. The van der Waals surface area contributed by atoms with Gasteiger partial charge in [0, 0.05) is 45.3 Å². The SMILES string of the molecule is Cc1cccc(CN2CCN(C3CCNC3)CC2)c1C. The molecule has 1 aromatic rings. The normalized spacial score (nSPS) is 25.2. The van der Waals surface area contributed by atoms with Crippen molar-refractivity contribution < 1.29 is 0 Å². The predicted molar refractivity (Wildman–Crippen MR) is 84.0 cm³/mol. The molecule has 0 radical (unpaired) electrons. The number of rotatable bonds is 3. The lowest BCUT2D eigenvalue weighted by Gasteiger charge is -2.38. The standard InChI is InChI=1S/C17H27N3/c1-14-4-3-5-16(15(14)2)13-19-8-10-20(11-9-19)17-6-7-18-12-17/h3-5,17-18H,6-13H2,1-2H3. The van der Waals surface area contributed by atoms with Gasteiger partial charge in [-0.2, -0.15) is 0 Å². The summed E-state index contributed by atoms with van der Waals surface area (Å²) in [5, 5.41) is 3.48. The summed E-state index contributed by atoms with van der Waals surface area (Å²) in [6, 6.07) is 7.48. The highest BCUT2D eigenvalue weighted by atomic mass is 15.3. The zero-order valence-electron chi connectivity index (χ0n) is 12.9.